The van der Waals surface area contributed by atoms with Crippen molar-refractivity contribution in [1.82, 2.24) is 0 Å². The molecule has 412 valence electrons. The number of ether oxygens (including phenoxy) is 3. The summed E-state index contributed by atoms with van der Waals surface area (Å²) in [5.41, 5.74) is 0. The van der Waals surface area contributed by atoms with Crippen LogP contribution in [0.25, 0.3) is 0 Å². The van der Waals surface area contributed by atoms with Gasteiger partial charge in [-0.15, -0.1) is 0 Å². The molecule has 0 radical (unpaired) electrons. The fourth-order valence-electron chi connectivity index (χ4n) is 8.24. The number of carbonyl (C=O) groups excluding carboxylic acids is 2. The van der Waals surface area contributed by atoms with Gasteiger partial charge in [-0.2, -0.15) is 0 Å². The smallest absolute Gasteiger partial charge is 0.306 e. The zero-order valence-electron chi connectivity index (χ0n) is 47.4. The maximum absolute atomic E-state index is 12.9. The minimum absolute atomic E-state index is 0.0551. The minimum atomic E-state index is -0.574. The fraction of sp³-hybridized carbons (Fsp3) is 0.701. The first-order valence-electron chi connectivity index (χ1n) is 30.4. The minimum Gasteiger partial charge on any atom is -0.462 e. The number of esters is 2. The highest BCUT2D eigenvalue weighted by Gasteiger charge is 2.17. The number of hydrogen-bond donors (Lipinski definition) is 0. The summed E-state index contributed by atoms with van der Waals surface area (Å²) in [6.45, 7) is 7.58. The van der Waals surface area contributed by atoms with Crippen molar-refractivity contribution in [3.63, 3.8) is 0 Å². The lowest BCUT2D eigenvalue weighted by Crippen LogP contribution is -2.30. The molecule has 1 unspecified atom stereocenters. The van der Waals surface area contributed by atoms with Crippen molar-refractivity contribution in [2.75, 3.05) is 19.8 Å². The predicted octanol–water partition coefficient (Wildman–Crippen LogP) is 21.1. The van der Waals surface area contributed by atoms with Crippen LogP contribution in [0.1, 0.15) is 278 Å². The summed E-state index contributed by atoms with van der Waals surface area (Å²) in [7, 11) is 0. The van der Waals surface area contributed by atoms with Gasteiger partial charge >= 0.3 is 11.9 Å². The molecule has 0 aliphatic heterocycles. The Morgan fingerprint density at radius 3 is 1.04 bits per heavy atom. The molecule has 0 aromatic rings. The maximum atomic E-state index is 12.9. The van der Waals surface area contributed by atoms with E-state index in [-0.39, 0.29) is 25.2 Å². The third-order valence-electron chi connectivity index (χ3n) is 12.8. The third-order valence-corrected chi connectivity index (χ3v) is 12.8. The van der Waals surface area contributed by atoms with Crippen LogP contribution in [-0.4, -0.2) is 37.9 Å². The van der Waals surface area contributed by atoms with E-state index < -0.39 is 6.10 Å². The molecule has 0 saturated heterocycles. The highest BCUT2D eigenvalue weighted by Crippen LogP contribution is 2.15. The van der Waals surface area contributed by atoms with Gasteiger partial charge in [0.2, 0.25) is 0 Å². The van der Waals surface area contributed by atoms with E-state index in [2.05, 4.69) is 130 Å². The van der Waals surface area contributed by atoms with Crippen LogP contribution in [0.2, 0.25) is 0 Å². The van der Waals surface area contributed by atoms with Crippen molar-refractivity contribution in [3.8, 4) is 0 Å². The lowest BCUT2D eigenvalue weighted by molar-refractivity contribution is -0.163. The van der Waals surface area contributed by atoms with E-state index in [1.807, 2.05) is 0 Å². The predicted molar refractivity (Wildman–Crippen MR) is 316 cm³/mol. The van der Waals surface area contributed by atoms with Gasteiger partial charge in [-0.1, -0.05) is 246 Å². The summed E-state index contributed by atoms with van der Waals surface area (Å²) in [6.07, 6.45) is 85.5. The summed E-state index contributed by atoms with van der Waals surface area (Å²) in [5.74, 6) is -0.436. The molecule has 0 bridgehead atoms. The standard InChI is InChI=1S/C67H114O5/c1-4-7-10-13-16-19-22-25-28-31-34-36-39-42-45-48-51-54-57-60-66(68)71-64-65(63-70-62-59-56-53-50-47-44-41-38-33-30-27-24-21-18-15-12-9-6-3)72-67(69)61-58-55-52-49-46-43-40-37-35-32-29-26-23-20-17-14-11-8-5-2/h9,12,16,18-19,21,25-30,34,36,38,41,47,50,65H,4-8,10-11,13-15,17,20,22-24,31-33,35,37,39-40,42-46,48-49,51-64H2,1-3H3/b12-9-,19-16-,21-18-,28-25-,29-26-,30-27-,36-34-,41-38-,50-47-. The summed E-state index contributed by atoms with van der Waals surface area (Å²) in [5, 5.41) is 0. The molecule has 1 atom stereocenters. The SMILES string of the molecule is CC/C=C\C/C=C\C/C=C\C/C=C\C/C=C\CCCCOCC(COC(=O)CCCCCCCC/C=C\C/C=C\C/C=C\CCCCC)OC(=O)CCCCCCCCCCC/C=C\CCCCCCCC. The molecule has 0 N–H and O–H groups in total. The van der Waals surface area contributed by atoms with E-state index in [0.717, 1.165) is 109 Å². The second-order valence-electron chi connectivity index (χ2n) is 19.9. The molecule has 72 heavy (non-hydrogen) atoms. The summed E-state index contributed by atoms with van der Waals surface area (Å²) in [4.78, 5) is 25.6. The lowest BCUT2D eigenvalue weighted by atomic mass is 10.1. The van der Waals surface area contributed by atoms with Gasteiger partial charge in [0, 0.05) is 19.4 Å². The molecule has 0 fully saturated rings. The van der Waals surface area contributed by atoms with Crippen LogP contribution in [-0.2, 0) is 23.8 Å². The molecule has 0 amide bonds. The normalized spacial score (nSPS) is 13.0. The Morgan fingerprint density at radius 2 is 0.625 bits per heavy atom. The summed E-state index contributed by atoms with van der Waals surface area (Å²) >= 11 is 0. The molecule has 0 spiro atoms. The number of rotatable bonds is 55. The number of unbranched alkanes of at least 4 members (excludes halogenated alkanes) is 26. The zero-order chi connectivity index (χ0) is 52.0. The quantitative estimate of drug-likeness (QED) is 0.0345. The van der Waals surface area contributed by atoms with Crippen molar-refractivity contribution >= 4 is 11.9 Å². The molecule has 5 heteroatoms. The fourth-order valence-corrected chi connectivity index (χ4v) is 8.24. The molecule has 0 saturated carbocycles. The number of hydrogen-bond acceptors (Lipinski definition) is 5. The van der Waals surface area contributed by atoms with Gasteiger partial charge in [-0.05, 0) is 128 Å². The van der Waals surface area contributed by atoms with Crippen LogP contribution in [0.15, 0.2) is 109 Å². The van der Waals surface area contributed by atoms with Gasteiger partial charge in [-0.3, -0.25) is 9.59 Å². The molecular weight excluding hydrogens is 885 g/mol. The van der Waals surface area contributed by atoms with Crippen molar-refractivity contribution in [3.05, 3.63) is 109 Å². The summed E-state index contributed by atoms with van der Waals surface area (Å²) in [6, 6.07) is 0. The average Bonchev–Trinajstić information content (AvgIpc) is 3.38. The van der Waals surface area contributed by atoms with Gasteiger partial charge < -0.3 is 14.2 Å². The Kier molecular flexibility index (Phi) is 58.9. The van der Waals surface area contributed by atoms with Crippen LogP contribution in [0, 0.1) is 0 Å². The zero-order valence-corrected chi connectivity index (χ0v) is 47.4. The van der Waals surface area contributed by atoms with E-state index in [4.69, 9.17) is 14.2 Å². The number of allylic oxidation sites excluding steroid dienone is 18. The Morgan fingerprint density at radius 1 is 0.319 bits per heavy atom. The first-order chi connectivity index (χ1) is 35.6. The maximum Gasteiger partial charge on any atom is 0.306 e. The first kappa shape index (κ1) is 68.6. The highest BCUT2D eigenvalue weighted by atomic mass is 16.6. The molecule has 5 nitrogen and oxygen atoms in total. The summed E-state index contributed by atoms with van der Waals surface area (Å²) < 4.78 is 17.5. The number of carbonyl (C=O) groups is 2. The van der Waals surface area contributed by atoms with Gasteiger partial charge in [0.25, 0.3) is 0 Å². The van der Waals surface area contributed by atoms with Crippen molar-refractivity contribution in [1.29, 1.82) is 0 Å². The Labute approximate surface area is 446 Å². The molecule has 0 aromatic carbocycles. The Hall–Kier alpha value is -3.44. The second-order valence-corrected chi connectivity index (χ2v) is 19.9. The van der Waals surface area contributed by atoms with Crippen LogP contribution in [0.4, 0.5) is 0 Å². The van der Waals surface area contributed by atoms with Crippen LogP contribution in [0.5, 0.6) is 0 Å². The van der Waals surface area contributed by atoms with Gasteiger partial charge in [0.1, 0.15) is 6.61 Å². The van der Waals surface area contributed by atoms with Crippen molar-refractivity contribution in [2.45, 2.75) is 284 Å². The lowest BCUT2D eigenvalue weighted by Gasteiger charge is -2.18. The van der Waals surface area contributed by atoms with E-state index in [1.54, 1.807) is 0 Å². The molecule has 0 rings (SSSR count). The van der Waals surface area contributed by atoms with Crippen LogP contribution >= 0.6 is 0 Å². The van der Waals surface area contributed by atoms with E-state index in [9.17, 15) is 9.59 Å². The Bertz CT molecular complexity index is 1410. The van der Waals surface area contributed by atoms with Crippen molar-refractivity contribution < 1.29 is 23.8 Å². The van der Waals surface area contributed by atoms with Crippen molar-refractivity contribution in [2.24, 2.45) is 0 Å². The van der Waals surface area contributed by atoms with Gasteiger partial charge in [0.05, 0.1) is 6.61 Å². The largest absolute Gasteiger partial charge is 0.462 e. The molecule has 0 heterocycles. The first-order valence-corrected chi connectivity index (χ1v) is 30.4. The van der Waals surface area contributed by atoms with Gasteiger partial charge in [0.15, 0.2) is 6.10 Å². The molecule has 0 aliphatic carbocycles. The van der Waals surface area contributed by atoms with Crippen LogP contribution in [0.3, 0.4) is 0 Å². The van der Waals surface area contributed by atoms with E-state index in [0.29, 0.717) is 19.4 Å². The second kappa shape index (κ2) is 61.9. The Balaban J connectivity index is 4.39. The van der Waals surface area contributed by atoms with Gasteiger partial charge in [-0.25, -0.2) is 0 Å². The molecule has 0 aromatic heterocycles. The average molecular weight is 1000 g/mol. The molecular formula is C67H114O5. The van der Waals surface area contributed by atoms with E-state index in [1.165, 1.54) is 135 Å². The third kappa shape index (κ3) is 59.1. The monoisotopic (exact) mass is 999 g/mol. The van der Waals surface area contributed by atoms with Crippen LogP contribution < -0.4 is 0 Å². The topological polar surface area (TPSA) is 61.8 Å². The highest BCUT2D eigenvalue weighted by molar-refractivity contribution is 5.70. The molecule has 0 aliphatic rings. The van der Waals surface area contributed by atoms with E-state index >= 15 is 0 Å².